The van der Waals surface area contributed by atoms with Gasteiger partial charge in [0.1, 0.15) is 0 Å². The average molecular weight is 401 g/mol. The third kappa shape index (κ3) is 3.38. The molecule has 7 heteroatoms. The van der Waals surface area contributed by atoms with E-state index in [9.17, 15) is 14.7 Å². The van der Waals surface area contributed by atoms with Crippen LogP contribution in [0.15, 0.2) is 47.0 Å². The summed E-state index contributed by atoms with van der Waals surface area (Å²) in [5.74, 6) is -0.772. The second kappa shape index (κ2) is 8.06. The third-order valence-corrected chi connectivity index (χ3v) is 5.59. The van der Waals surface area contributed by atoms with Crippen molar-refractivity contribution >= 4 is 23.0 Å². The van der Waals surface area contributed by atoms with Crippen molar-refractivity contribution in [2.45, 2.75) is 26.4 Å². The molecular formula is C21H23NO5S. The van der Waals surface area contributed by atoms with Gasteiger partial charge in [-0.25, -0.2) is 0 Å². The van der Waals surface area contributed by atoms with Crippen LogP contribution in [0.1, 0.15) is 30.3 Å². The summed E-state index contributed by atoms with van der Waals surface area (Å²) in [6.07, 6.45) is 0. The van der Waals surface area contributed by atoms with Crippen LogP contribution in [-0.4, -0.2) is 35.9 Å². The number of thiophene rings is 1. The monoisotopic (exact) mass is 401 g/mol. The first-order chi connectivity index (χ1) is 13.4. The molecule has 3 rings (SSSR count). The van der Waals surface area contributed by atoms with Gasteiger partial charge in [0.05, 0.1) is 32.4 Å². The maximum absolute atomic E-state index is 12.9. The largest absolute Gasteiger partial charge is 0.503 e. The molecule has 0 bridgehead atoms. The lowest BCUT2D eigenvalue weighted by Crippen LogP contribution is -2.31. The molecule has 0 fully saturated rings. The minimum Gasteiger partial charge on any atom is -0.503 e. The molecule has 6 nitrogen and oxygen atoms in total. The Morgan fingerprint density at radius 2 is 1.96 bits per heavy atom. The molecule has 1 aromatic carbocycles. The van der Waals surface area contributed by atoms with Crippen LogP contribution in [0.4, 0.5) is 0 Å². The van der Waals surface area contributed by atoms with Crippen LogP contribution in [0.5, 0.6) is 11.5 Å². The Morgan fingerprint density at radius 1 is 1.21 bits per heavy atom. The number of benzene rings is 1. The predicted molar refractivity (Wildman–Crippen MR) is 107 cm³/mol. The first-order valence-corrected chi connectivity index (χ1v) is 9.80. The fraction of sp³-hybridized carbons (Fsp3) is 0.333. The summed E-state index contributed by atoms with van der Waals surface area (Å²) in [5.41, 5.74) is 0.697. The number of carbonyl (C=O) groups is 2. The van der Waals surface area contributed by atoms with E-state index in [1.165, 1.54) is 30.5 Å². The number of ketones is 1. The summed E-state index contributed by atoms with van der Waals surface area (Å²) in [6.45, 7) is 3.77. The van der Waals surface area contributed by atoms with E-state index in [0.717, 1.165) is 4.88 Å². The van der Waals surface area contributed by atoms with Gasteiger partial charge in [0.15, 0.2) is 23.0 Å². The van der Waals surface area contributed by atoms with Crippen molar-refractivity contribution in [3.05, 3.63) is 57.5 Å². The number of carbonyl (C=O) groups excluding carboxylic acids is 2. The van der Waals surface area contributed by atoms with Crippen LogP contribution in [0.25, 0.3) is 0 Å². The summed E-state index contributed by atoms with van der Waals surface area (Å²) in [7, 11) is 3.04. The Morgan fingerprint density at radius 3 is 2.54 bits per heavy atom. The van der Waals surface area contributed by atoms with Gasteiger partial charge in [-0.3, -0.25) is 9.59 Å². The smallest absolute Gasteiger partial charge is 0.290 e. The molecule has 0 saturated carbocycles. The lowest BCUT2D eigenvalue weighted by atomic mass is 9.90. The molecule has 1 aliphatic heterocycles. The van der Waals surface area contributed by atoms with Gasteiger partial charge < -0.3 is 19.5 Å². The number of aliphatic hydroxyl groups is 1. The molecule has 0 radical (unpaired) electrons. The number of para-hydroxylation sites is 1. The standard InChI is InChI=1S/C21H23NO5S/c1-12(2)18(23)16-17(14-8-5-9-15(26-3)20(14)27-4)22(21(25)19(16)24)11-13-7-6-10-28-13/h5-10,12,17,24H,11H2,1-4H3. The van der Waals surface area contributed by atoms with Crippen molar-refractivity contribution in [1.82, 2.24) is 4.90 Å². The van der Waals surface area contributed by atoms with Crippen molar-refractivity contribution in [2.24, 2.45) is 5.92 Å². The molecule has 1 unspecified atom stereocenters. The van der Waals surface area contributed by atoms with Crippen LogP contribution >= 0.6 is 11.3 Å². The summed E-state index contributed by atoms with van der Waals surface area (Å²) in [4.78, 5) is 28.3. The molecular weight excluding hydrogens is 378 g/mol. The zero-order valence-electron chi connectivity index (χ0n) is 16.3. The first kappa shape index (κ1) is 19.9. The Balaban J connectivity index is 2.18. The van der Waals surface area contributed by atoms with Crippen LogP contribution < -0.4 is 9.47 Å². The van der Waals surface area contributed by atoms with E-state index in [-0.39, 0.29) is 23.8 Å². The maximum Gasteiger partial charge on any atom is 0.290 e. The van der Waals surface area contributed by atoms with Crippen LogP contribution in [0.3, 0.4) is 0 Å². The van der Waals surface area contributed by atoms with E-state index < -0.39 is 17.7 Å². The zero-order chi connectivity index (χ0) is 20.4. The Bertz CT molecular complexity index is 917. The second-order valence-electron chi connectivity index (χ2n) is 6.78. The van der Waals surface area contributed by atoms with Crippen LogP contribution in [0, 0.1) is 5.92 Å². The predicted octanol–water partition coefficient (Wildman–Crippen LogP) is 3.89. The van der Waals surface area contributed by atoms with Crippen molar-refractivity contribution in [1.29, 1.82) is 0 Å². The molecule has 28 heavy (non-hydrogen) atoms. The number of amides is 1. The minimum absolute atomic E-state index is 0.100. The Kier molecular flexibility index (Phi) is 5.74. The van der Waals surface area contributed by atoms with Gasteiger partial charge in [0.2, 0.25) is 0 Å². The highest BCUT2D eigenvalue weighted by Crippen LogP contribution is 2.45. The van der Waals surface area contributed by atoms with Crippen LogP contribution in [-0.2, 0) is 16.1 Å². The highest BCUT2D eigenvalue weighted by molar-refractivity contribution is 7.09. The number of methoxy groups -OCH3 is 2. The average Bonchev–Trinajstić information content (AvgIpc) is 3.29. The van der Waals surface area contributed by atoms with Gasteiger partial charge >= 0.3 is 0 Å². The van der Waals surface area contributed by atoms with Gasteiger partial charge in [-0.1, -0.05) is 32.0 Å². The van der Waals surface area contributed by atoms with E-state index in [1.54, 1.807) is 32.0 Å². The Hall–Kier alpha value is -2.80. The van der Waals surface area contributed by atoms with Crippen molar-refractivity contribution in [3.8, 4) is 11.5 Å². The summed E-state index contributed by atoms with van der Waals surface area (Å²) < 4.78 is 10.9. The van der Waals surface area contributed by atoms with Gasteiger partial charge in [-0.15, -0.1) is 11.3 Å². The summed E-state index contributed by atoms with van der Waals surface area (Å²) in [5, 5.41) is 12.5. The quantitative estimate of drug-likeness (QED) is 0.762. The van der Waals surface area contributed by atoms with Gasteiger partial charge in [-0.2, -0.15) is 0 Å². The van der Waals surface area contributed by atoms with E-state index in [1.807, 2.05) is 17.5 Å². The van der Waals surface area contributed by atoms with Crippen molar-refractivity contribution in [2.75, 3.05) is 14.2 Å². The number of Topliss-reactive ketones (excluding diaryl/α,β-unsaturated/α-hetero) is 1. The molecule has 1 amide bonds. The SMILES string of the molecule is COc1cccc(C2C(C(=O)C(C)C)=C(O)C(=O)N2Cc2cccs2)c1OC. The van der Waals surface area contributed by atoms with E-state index in [4.69, 9.17) is 9.47 Å². The molecule has 2 heterocycles. The molecule has 148 valence electrons. The number of nitrogens with zero attached hydrogens (tertiary/aromatic N) is 1. The minimum atomic E-state index is -0.755. The van der Waals surface area contributed by atoms with Crippen LogP contribution in [0.2, 0.25) is 0 Å². The molecule has 1 atom stereocenters. The van der Waals surface area contributed by atoms with Gasteiger partial charge in [0.25, 0.3) is 5.91 Å². The first-order valence-electron chi connectivity index (χ1n) is 8.92. The normalized spacial score (nSPS) is 16.8. The number of hydrogen-bond acceptors (Lipinski definition) is 6. The molecule has 0 aliphatic carbocycles. The third-order valence-electron chi connectivity index (χ3n) is 4.73. The summed E-state index contributed by atoms with van der Waals surface area (Å²) >= 11 is 1.51. The lowest BCUT2D eigenvalue weighted by Gasteiger charge is -2.28. The van der Waals surface area contributed by atoms with Gasteiger partial charge in [0, 0.05) is 16.4 Å². The number of aliphatic hydroxyl groups excluding tert-OH is 1. The molecule has 1 aliphatic rings. The van der Waals surface area contributed by atoms with E-state index in [2.05, 4.69) is 0 Å². The van der Waals surface area contributed by atoms with Crippen molar-refractivity contribution in [3.63, 3.8) is 0 Å². The van der Waals surface area contributed by atoms with Gasteiger partial charge in [-0.05, 0) is 17.5 Å². The Labute approximate surface area is 168 Å². The second-order valence-corrected chi connectivity index (χ2v) is 7.81. The number of hydrogen-bond donors (Lipinski definition) is 1. The van der Waals surface area contributed by atoms with E-state index >= 15 is 0 Å². The van der Waals surface area contributed by atoms with E-state index in [0.29, 0.717) is 17.1 Å². The topological polar surface area (TPSA) is 76.1 Å². The highest BCUT2D eigenvalue weighted by atomic mass is 32.1. The summed E-state index contributed by atoms with van der Waals surface area (Å²) in [6, 6.07) is 8.36. The molecule has 2 aromatic rings. The molecule has 0 saturated heterocycles. The number of rotatable bonds is 7. The number of ether oxygens (including phenoxy) is 2. The fourth-order valence-electron chi connectivity index (χ4n) is 3.40. The molecule has 1 aromatic heterocycles. The fourth-order valence-corrected chi connectivity index (χ4v) is 4.10. The maximum atomic E-state index is 12.9. The van der Waals surface area contributed by atoms with Crippen molar-refractivity contribution < 1.29 is 24.2 Å². The molecule has 1 N–H and O–H groups in total. The lowest BCUT2D eigenvalue weighted by molar-refractivity contribution is -0.130. The molecule has 0 spiro atoms. The highest BCUT2D eigenvalue weighted by Gasteiger charge is 2.45. The zero-order valence-corrected chi connectivity index (χ0v) is 17.1.